The predicted octanol–water partition coefficient (Wildman–Crippen LogP) is 4.79. The maximum Gasteiger partial charge on any atom is 0.258 e. The Labute approximate surface area is 162 Å². The maximum absolute atomic E-state index is 12.9. The molecule has 26 heavy (non-hydrogen) atoms. The van der Waals surface area contributed by atoms with E-state index in [9.17, 15) is 9.59 Å². The Balaban J connectivity index is 1.77. The fourth-order valence-electron chi connectivity index (χ4n) is 2.85. The second kappa shape index (κ2) is 9.10. The van der Waals surface area contributed by atoms with Crippen molar-refractivity contribution >= 4 is 46.6 Å². The molecule has 1 N–H and O–H groups in total. The van der Waals surface area contributed by atoms with Crippen LogP contribution in [0.5, 0.6) is 0 Å². The first-order chi connectivity index (χ1) is 12.7. The molecule has 2 aromatic rings. The van der Waals surface area contributed by atoms with Gasteiger partial charge in [0.15, 0.2) is 0 Å². The fourth-order valence-corrected chi connectivity index (χ4v) is 4.01. The molecule has 0 atom stereocenters. The molecule has 2 aromatic carbocycles. The first-order valence-electron chi connectivity index (χ1n) is 8.68. The molecule has 1 heterocycles. The summed E-state index contributed by atoms with van der Waals surface area (Å²) in [6.07, 6.45) is 2.05. The minimum absolute atomic E-state index is 0.0160. The van der Waals surface area contributed by atoms with Crippen LogP contribution in [-0.4, -0.2) is 30.0 Å². The van der Waals surface area contributed by atoms with Crippen LogP contribution in [-0.2, 0) is 4.79 Å². The molecule has 2 amide bonds. The molecule has 3 rings (SSSR count). The molecule has 0 radical (unpaired) electrons. The number of thioether (sulfide) groups is 1. The topological polar surface area (TPSA) is 49.4 Å². The van der Waals surface area contributed by atoms with Crippen molar-refractivity contribution in [2.24, 2.45) is 0 Å². The van der Waals surface area contributed by atoms with Gasteiger partial charge in [-0.25, -0.2) is 0 Å². The van der Waals surface area contributed by atoms with Crippen LogP contribution in [0, 0.1) is 0 Å². The number of amides is 2. The quantitative estimate of drug-likeness (QED) is 0.572. The van der Waals surface area contributed by atoms with Crippen molar-refractivity contribution in [1.82, 2.24) is 0 Å². The number of halogens is 1. The van der Waals surface area contributed by atoms with E-state index in [0.717, 1.165) is 29.2 Å². The number of unbranched alkanes of at least 4 members (excludes halogenated alkanes) is 1. The molecule has 4 nitrogen and oxygen atoms in total. The maximum atomic E-state index is 12.9. The highest BCUT2D eigenvalue weighted by molar-refractivity contribution is 7.99. The van der Waals surface area contributed by atoms with Crippen molar-refractivity contribution in [1.29, 1.82) is 0 Å². The number of rotatable bonds is 6. The second-order valence-corrected chi connectivity index (χ2v) is 7.56. The highest BCUT2D eigenvalue weighted by Gasteiger charge is 2.24. The van der Waals surface area contributed by atoms with E-state index >= 15 is 0 Å². The summed E-state index contributed by atoms with van der Waals surface area (Å²) in [6, 6.07) is 15.0. The molecule has 1 aliphatic rings. The number of hydrogen-bond acceptors (Lipinski definition) is 3. The minimum Gasteiger partial charge on any atom is -0.326 e. The Morgan fingerprint density at radius 1 is 1.12 bits per heavy atom. The van der Waals surface area contributed by atoms with Gasteiger partial charge in [0.05, 0.1) is 5.69 Å². The molecule has 6 heteroatoms. The van der Waals surface area contributed by atoms with Crippen LogP contribution >= 0.6 is 23.4 Å². The molecular weight excluding hydrogens is 368 g/mol. The van der Waals surface area contributed by atoms with E-state index in [1.165, 1.54) is 0 Å². The van der Waals surface area contributed by atoms with Crippen molar-refractivity contribution in [2.45, 2.75) is 24.2 Å². The average Bonchev–Trinajstić information content (AvgIpc) is 2.68. The van der Waals surface area contributed by atoms with Crippen molar-refractivity contribution in [3.8, 4) is 0 Å². The number of fused-ring (bicyclic) bond motifs is 1. The lowest BCUT2D eigenvalue weighted by molar-refractivity contribution is -0.116. The van der Waals surface area contributed by atoms with Gasteiger partial charge < -0.3 is 10.2 Å². The third-order valence-electron chi connectivity index (χ3n) is 4.16. The predicted molar refractivity (Wildman–Crippen MR) is 108 cm³/mol. The first-order valence-corrected chi connectivity index (χ1v) is 10.2. The number of nitrogens with zero attached hydrogens (tertiary/aromatic N) is 1. The van der Waals surface area contributed by atoms with Crippen molar-refractivity contribution in [2.75, 3.05) is 28.4 Å². The molecule has 0 aromatic heterocycles. The summed E-state index contributed by atoms with van der Waals surface area (Å²) < 4.78 is 0. The van der Waals surface area contributed by atoms with Crippen molar-refractivity contribution in [3.05, 3.63) is 54.1 Å². The van der Waals surface area contributed by atoms with E-state index in [2.05, 4.69) is 5.32 Å². The lowest BCUT2D eigenvalue weighted by Crippen LogP contribution is -2.35. The molecule has 0 bridgehead atoms. The smallest absolute Gasteiger partial charge is 0.258 e. The van der Waals surface area contributed by atoms with E-state index in [0.29, 0.717) is 30.1 Å². The van der Waals surface area contributed by atoms with Crippen LogP contribution in [0.4, 0.5) is 11.4 Å². The summed E-state index contributed by atoms with van der Waals surface area (Å²) >= 11 is 7.38. The summed E-state index contributed by atoms with van der Waals surface area (Å²) in [5, 5.41) is 2.92. The lowest BCUT2D eigenvalue weighted by atomic mass is 10.1. The molecule has 136 valence electrons. The summed E-state index contributed by atoms with van der Waals surface area (Å²) in [6.45, 7) is 0.651. The summed E-state index contributed by atoms with van der Waals surface area (Å²) in [5.41, 5.74) is 2.24. The summed E-state index contributed by atoms with van der Waals surface area (Å²) in [7, 11) is 0. The number of alkyl halides is 1. The van der Waals surface area contributed by atoms with E-state index < -0.39 is 0 Å². The van der Waals surface area contributed by atoms with E-state index in [1.807, 2.05) is 48.5 Å². The van der Waals surface area contributed by atoms with Crippen LogP contribution in [0.25, 0.3) is 0 Å². The van der Waals surface area contributed by atoms with Gasteiger partial charge >= 0.3 is 0 Å². The molecule has 0 unspecified atom stereocenters. The molecular formula is C20H21ClN2O2S. The molecule has 0 aliphatic carbocycles. The monoisotopic (exact) mass is 388 g/mol. The highest BCUT2D eigenvalue weighted by Crippen LogP contribution is 2.37. The summed E-state index contributed by atoms with van der Waals surface area (Å²) in [5.74, 6) is 1.38. The summed E-state index contributed by atoms with van der Waals surface area (Å²) in [4.78, 5) is 27.8. The van der Waals surface area contributed by atoms with E-state index in [-0.39, 0.29) is 11.8 Å². The van der Waals surface area contributed by atoms with Gasteiger partial charge in [-0.2, -0.15) is 0 Å². The van der Waals surface area contributed by atoms with Gasteiger partial charge in [-0.1, -0.05) is 18.2 Å². The number of carbonyl (C=O) groups excluding carboxylic acids is 2. The lowest BCUT2D eigenvalue weighted by Gasteiger charge is -2.29. The van der Waals surface area contributed by atoms with Gasteiger partial charge in [0.2, 0.25) is 5.91 Å². The number of benzene rings is 2. The van der Waals surface area contributed by atoms with Gasteiger partial charge in [-0.15, -0.1) is 23.4 Å². The third-order valence-corrected chi connectivity index (χ3v) is 5.47. The Bertz CT molecular complexity index is 783. The SMILES string of the molecule is O=C(CCCCCl)Nc1ccc2c(c1)N(C(=O)c1ccccc1)CCS2. The van der Waals surface area contributed by atoms with Crippen molar-refractivity contribution < 1.29 is 9.59 Å². The van der Waals surface area contributed by atoms with Crippen LogP contribution in [0.1, 0.15) is 29.6 Å². The van der Waals surface area contributed by atoms with Crippen LogP contribution in [0.2, 0.25) is 0 Å². The molecule has 0 saturated carbocycles. The second-order valence-electron chi connectivity index (χ2n) is 6.05. The number of nitrogens with one attached hydrogen (secondary N) is 1. The Kier molecular flexibility index (Phi) is 6.58. The van der Waals surface area contributed by atoms with Crippen molar-refractivity contribution in [3.63, 3.8) is 0 Å². The zero-order chi connectivity index (χ0) is 18.4. The third kappa shape index (κ3) is 4.59. The zero-order valence-electron chi connectivity index (χ0n) is 14.4. The van der Waals surface area contributed by atoms with Crippen LogP contribution < -0.4 is 10.2 Å². The number of carbonyl (C=O) groups is 2. The molecule has 1 aliphatic heterocycles. The average molecular weight is 389 g/mol. The van der Waals surface area contributed by atoms with Gasteiger partial charge in [-0.05, 0) is 43.2 Å². The van der Waals surface area contributed by atoms with Crippen LogP contribution in [0.3, 0.4) is 0 Å². The Morgan fingerprint density at radius 2 is 1.92 bits per heavy atom. The Morgan fingerprint density at radius 3 is 2.69 bits per heavy atom. The van der Waals surface area contributed by atoms with E-state index in [4.69, 9.17) is 11.6 Å². The Hall–Kier alpha value is -1.98. The molecule has 0 spiro atoms. The normalized spacial score (nSPS) is 13.2. The zero-order valence-corrected chi connectivity index (χ0v) is 16.0. The van der Waals surface area contributed by atoms with Gasteiger partial charge in [-0.3, -0.25) is 9.59 Å². The van der Waals surface area contributed by atoms with Crippen LogP contribution in [0.15, 0.2) is 53.4 Å². The van der Waals surface area contributed by atoms with E-state index in [1.54, 1.807) is 16.7 Å². The van der Waals surface area contributed by atoms with Gasteiger partial charge in [0.1, 0.15) is 0 Å². The minimum atomic E-state index is -0.0283. The number of hydrogen-bond donors (Lipinski definition) is 1. The highest BCUT2D eigenvalue weighted by atomic mass is 35.5. The molecule has 0 saturated heterocycles. The fraction of sp³-hybridized carbons (Fsp3) is 0.300. The van der Waals surface area contributed by atoms with Gasteiger partial charge in [0, 0.05) is 40.7 Å². The van der Waals surface area contributed by atoms with Gasteiger partial charge in [0.25, 0.3) is 5.91 Å². The standard InChI is InChI=1S/C20H21ClN2O2S/c21-11-5-4-8-19(24)22-16-9-10-18-17(14-16)23(12-13-26-18)20(25)15-6-2-1-3-7-15/h1-3,6-7,9-10,14H,4-5,8,11-13H2,(H,22,24). The largest absolute Gasteiger partial charge is 0.326 e. The number of anilines is 2. The first kappa shape index (κ1) is 18.8. The molecule has 0 fully saturated rings.